The third-order valence-electron chi connectivity index (χ3n) is 2.40. The van der Waals surface area contributed by atoms with Crippen LogP contribution in [-0.2, 0) is 14.8 Å². The van der Waals surface area contributed by atoms with Crippen LogP contribution in [0.25, 0.3) is 0 Å². The standard InChI is InChI=1S/C13H19F2N3O3S/c1-13(2,3)18-22(20,21)11-7-10(8(14)6-9(11)15)17-12(19)4-5-16/h6-7,18H,4-5,16H2,1-3H3,(H,17,19). The normalized spacial score (nSPS) is 12.3. The molecule has 0 bridgehead atoms. The highest BCUT2D eigenvalue weighted by Crippen LogP contribution is 2.24. The lowest BCUT2D eigenvalue weighted by molar-refractivity contribution is -0.116. The Balaban J connectivity index is 3.24. The van der Waals surface area contributed by atoms with Gasteiger partial charge in [0.25, 0.3) is 0 Å². The number of carbonyl (C=O) groups is 1. The molecular formula is C13H19F2N3O3S. The van der Waals surface area contributed by atoms with Crippen LogP contribution in [-0.4, -0.2) is 26.4 Å². The van der Waals surface area contributed by atoms with Crippen molar-refractivity contribution in [3.8, 4) is 0 Å². The predicted molar refractivity (Wildman–Crippen MR) is 78.7 cm³/mol. The van der Waals surface area contributed by atoms with E-state index in [0.717, 1.165) is 6.07 Å². The molecule has 0 unspecified atom stereocenters. The largest absolute Gasteiger partial charge is 0.330 e. The molecule has 22 heavy (non-hydrogen) atoms. The number of amides is 1. The minimum Gasteiger partial charge on any atom is -0.330 e. The van der Waals surface area contributed by atoms with Gasteiger partial charge in [-0.05, 0) is 26.8 Å². The highest BCUT2D eigenvalue weighted by Gasteiger charge is 2.26. The van der Waals surface area contributed by atoms with Gasteiger partial charge in [-0.3, -0.25) is 4.79 Å². The summed E-state index contributed by atoms with van der Waals surface area (Å²) >= 11 is 0. The van der Waals surface area contributed by atoms with E-state index in [0.29, 0.717) is 6.07 Å². The van der Waals surface area contributed by atoms with Crippen molar-refractivity contribution < 1.29 is 22.0 Å². The fraction of sp³-hybridized carbons (Fsp3) is 0.462. The molecule has 0 spiro atoms. The van der Waals surface area contributed by atoms with Gasteiger partial charge in [0.1, 0.15) is 16.5 Å². The second kappa shape index (κ2) is 6.67. The lowest BCUT2D eigenvalue weighted by Crippen LogP contribution is -2.40. The molecule has 1 rings (SSSR count). The lowest BCUT2D eigenvalue weighted by atomic mass is 10.1. The van der Waals surface area contributed by atoms with Crippen molar-refractivity contribution in [2.75, 3.05) is 11.9 Å². The zero-order chi connectivity index (χ0) is 17.1. The molecule has 4 N–H and O–H groups in total. The van der Waals surface area contributed by atoms with Crippen LogP contribution in [0.1, 0.15) is 27.2 Å². The van der Waals surface area contributed by atoms with Gasteiger partial charge in [0.15, 0.2) is 0 Å². The Morgan fingerprint density at radius 1 is 1.23 bits per heavy atom. The SMILES string of the molecule is CC(C)(C)NS(=O)(=O)c1cc(NC(=O)CCN)c(F)cc1F. The van der Waals surface area contributed by atoms with Crippen molar-refractivity contribution in [2.45, 2.75) is 37.6 Å². The average molecular weight is 335 g/mol. The number of carbonyl (C=O) groups excluding carboxylic acids is 1. The maximum atomic E-state index is 13.8. The Morgan fingerprint density at radius 2 is 1.82 bits per heavy atom. The summed E-state index contributed by atoms with van der Waals surface area (Å²) in [4.78, 5) is 10.7. The van der Waals surface area contributed by atoms with Gasteiger partial charge in [0, 0.05) is 24.6 Å². The third kappa shape index (κ3) is 5.00. The van der Waals surface area contributed by atoms with E-state index < -0.39 is 43.7 Å². The molecule has 1 aromatic rings. The maximum absolute atomic E-state index is 13.8. The highest BCUT2D eigenvalue weighted by molar-refractivity contribution is 7.89. The number of halogens is 2. The zero-order valence-electron chi connectivity index (χ0n) is 12.5. The van der Waals surface area contributed by atoms with Crippen LogP contribution in [0, 0.1) is 11.6 Å². The lowest BCUT2D eigenvalue weighted by Gasteiger charge is -2.21. The fourth-order valence-electron chi connectivity index (χ4n) is 1.63. The van der Waals surface area contributed by atoms with E-state index in [1.807, 2.05) is 0 Å². The number of rotatable bonds is 5. The van der Waals surface area contributed by atoms with Gasteiger partial charge < -0.3 is 11.1 Å². The van der Waals surface area contributed by atoms with E-state index in [1.54, 1.807) is 20.8 Å². The second-order valence-corrected chi connectivity index (χ2v) is 7.36. The van der Waals surface area contributed by atoms with E-state index in [-0.39, 0.29) is 13.0 Å². The molecule has 124 valence electrons. The Kier molecular flexibility index (Phi) is 5.60. The quantitative estimate of drug-likeness (QED) is 0.755. The van der Waals surface area contributed by atoms with Crippen LogP contribution >= 0.6 is 0 Å². The van der Waals surface area contributed by atoms with Crippen LogP contribution in [0.15, 0.2) is 17.0 Å². The summed E-state index contributed by atoms with van der Waals surface area (Å²) in [5, 5.41) is 2.16. The minimum absolute atomic E-state index is 0.0470. The predicted octanol–water partition coefficient (Wildman–Crippen LogP) is 1.33. The van der Waals surface area contributed by atoms with E-state index in [9.17, 15) is 22.0 Å². The summed E-state index contributed by atoms with van der Waals surface area (Å²) in [5.41, 5.74) is 3.93. The number of benzene rings is 1. The van der Waals surface area contributed by atoms with E-state index >= 15 is 0 Å². The number of nitrogens with two attached hydrogens (primary N) is 1. The molecule has 0 aliphatic carbocycles. The van der Waals surface area contributed by atoms with Gasteiger partial charge in [0.05, 0.1) is 5.69 Å². The summed E-state index contributed by atoms with van der Waals surface area (Å²) in [7, 11) is -4.20. The Bertz CT molecular complexity index is 670. The monoisotopic (exact) mass is 335 g/mol. The summed E-state index contributed by atoms with van der Waals surface area (Å²) in [6.45, 7) is 4.78. The number of hydrogen-bond donors (Lipinski definition) is 3. The first-order valence-corrected chi connectivity index (χ1v) is 7.97. The second-order valence-electron chi connectivity index (χ2n) is 5.70. The Morgan fingerprint density at radius 3 is 2.32 bits per heavy atom. The van der Waals surface area contributed by atoms with E-state index in [2.05, 4.69) is 10.0 Å². The Labute approximate surface area is 128 Å². The van der Waals surface area contributed by atoms with E-state index in [1.165, 1.54) is 0 Å². The van der Waals surface area contributed by atoms with Crippen molar-refractivity contribution in [3.63, 3.8) is 0 Å². The Hall–Kier alpha value is -1.58. The van der Waals surface area contributed by atoms with Crippen molar-refractivity contribution in [1.82, 2.24) is 4.72 Å². The van der Waals surface area contributed by atoms with Crippen molar-refractivity contribution >= 4 is 21.6 Å². The fourth-order valence-corrected chi connectivity index (χ4v) is 3.14. The molecule has 0 aliphatic rings. The first-order chi connectivity index (χ1) is 9.96. The van der Waals surface area contributed by atoms with E-state index in [4.69, 9.17) is 5.73 Å². The van der Waals surface area contributed by atoms with Gasteiger partial charge in [0.2, 0.25) is 15.9 Å². The van der Waals surface area contributed by atoms with Crippen LogP contribution in [0.3, 0.4) is 0 Å². The summed E-state index contributed by atoms with van der Waals surface area (Å²) in [5.74, 6) is -2.91. The smallest absolute Gasteiger partial charge is 0.244 e. The summed E-state index contributed by atoms with van der Waals surface area (Å²) in [6, 6.07) is 1.16. The molecule has 0 atom stereocenters. The van der Waals surface area contributed by atoms with Gasteiger partial charge >= 0.3 is 0 Å². The van der Waals surface area contributed by atoms with Crippen LogP contribution in [0.5, 0.6) is 0 Å². The molecule has 0 fully saturated rings. The molecule has 0 saturated carbocycles. The van der Waals surface area contributed by atoms with Gasteiger partial charge in [-0.1, -0.05) is 0 Å². The topological polar surface area (TPSA) is 101 Å². The molecule has 0 aliphatic heterocycles. The summed E-state index contributed by atoms with van der Waals surface area (Å²) in [6.07, 6.45) is -0.0703. The molecule has 0 radical (unpaired) electrons. The molecule has 6 nitrogen and oxygen atoms in total. The van der Waals surface area contributed by atoms with Gasteiger partial charge in [-0.25, -0.2) is 21.9 Å². The maximum Gasteiger partial charge on any atom is 0.244 e. The van der Waals surface area contributed by atoms with Crippen molar-refractivity contribution in [2.24, 2.45) is 5.73 Å². The van der Waals surface area contributed by atoms with Crippen molar-refractivity contribution in [3.05, 3.63) is 23.8 Å². The molecule has 0 aromatic heterocycles. The van der Waals surface area contributed by atoms with Gasteiger partial charge in [-0.2, -0.15) is 0 Å². The molecule has 1 aromatic carbocycles. The van der Waals surface area contributed by atoms with Crippen molar-refractivity contribution in [1.29, 1.82) is 0 Å². The number of anilines is 1. The highest BCUT2D eigenvalue weighted by atomic mass is 32.2. The molecule has 9 heteroatoms. The zero-order valence-corrected chi connectivity index (χ0v) is 13.4. The molecule has 1 amide bonds. The summed E-state index contributed by atoms with van der Waals surface area (Å²) < 4.78 is 54.0. The first-order valence-electron chi connectivity index (χ1n) is 6.49. The molecule has 0 heterocycles. The first kappa shape index (κ1) is 18.5. The van der Waals surface area contributed by atoms with Gasteiger partial charge in [-0.15, -0.1) is 0 Å². The van der Waals surface area contributed by atoms with Crippen LogP contribution < -0.4 is 15.8 Å². The third-order valence-corrected chi connectivity index (χ3v) is 4.17. The number of nitrogens with one attached hydrogen (secondary N) is 2. The van der Waals surface area contributed by atoms with Crippen LogP contribution in [0.4, 0.5) is 14.5 Å². The molecule has 0 saturated heterocycles. The number of sulfonamides is 1. The molecular weight excluding hydrogens is 316 g/mol. The number of hydrogen-bond acceptors (Lipinski definition) is 4. The average Bonchev–Trinajstić information content (AvgIpc) is 2.29. The minimum atomic E-state index is -4.20. The van der Waals surface area contributed by atoms with Crippen LogP contribution in [0.2, 0.25) is 0 Å².